The number of ether oxygens (including phenoxy) is 2. The molecule has 1 aliphatic carbocycles. The molecule has 1 aromatic heterocycles. The second-order valence-corrected chi connectivity index (χ2v) is 7.74. The van der Waals surface area contributed by atoms with E-state index in [2.05, 4.69) is 4.90 Å². The highest BCUT2D eigenvalue weighted by Gasteiger charge is 2.38. The van der Waals surface area contributed by atoms with E-state index in [4.69, 9.17) is 9.47 Å². The number of methoxy groups -OCH3 is 1. The molecule has 2 aliphatic rings. The Balaban J connectivity index is 1.75. The van der Waals surface area contributed by atoms with E-state index in [1.54, 1.807) is 7.11 Å². The van der Waals surface area contributed by atoms with Gasteiger partial charge in [-0.3, -0.25) is 4.90 Å². The maximum atomic E-state index is 11.2. The number of carboxylic acid groups (broad SMARTS) is 1. The number of aryl methyl sites for hydroxylation is 1. The van der Waals surface area contributed by atoms with Gasteiger partial charge in [-0.15, -0.1) is 11.3 Å². The van der Waals surface area contributed by atoms with Crippen LogP contribution in [0, 0.1) is 12.8 Å². The Bertz CT molecular complexity index is 559. The molecule has 2 heterocycles. The number of carboxylic acids is 1. The molecule has 3 atom stereocenters. The molecule has 6 heteroatoms. The Morgan fingerprint density at radius 1 is 1.52 bits per heavy atom. The minimum atomic E-state index is -0.835. The van der Waals surface area contributed by atoms with Gasteiger partial charge in [-0.05, 0) is 31.4 Å². The van der Waals surface area contributed by atoms with Crippen LogP contribution in [-0.4, -0.2) is 55.0 Å². The summed E-state index contributed by atoms with van der Waals surface area (Å²) in [5.41, 5.74) is 1.13. The van der Waals surface area contributed by atoms with Crippen LogP contribution >= 0.6 is 11.3 Å². The quantitative estimate of drug-likeness (QED) is 0.894. The van der Waals surface area contributed by atoms with Crippen molar-refractivity contribution in [1.29, 1.82) is 0 Å². The highest BCUT2D eigenvalue weighted by molar-refractivity contribution is 7.14. The summed E-state index contributed by atoms with van der Waals surface area (Å²) in [5.74, 6) is -0.323. The highest BCUT2D eigenvalue weighted by atomic mass is 32.1. The molecule has 1 aromatic rings. The van der Waals surface area contributed by atoms with Gasteiger partial charge in [0.15, 0.2) is 0 Å². The van der Waals surface area contributed by atoms with E-state index in [0.29, 0.717) is 22.9 Å². The molecular weight excluding hydrogens is 314 g/mol. The number of thiophene rings is 1. The molecule has 0 radical (unpaired) electrons. The molecule has 3 unspecified atom stereocenters. The minimum Gasteiger partial charge on any atom is -0.477 e. The smallest absolute Gasteiger partial charge is 0.345 e. The molecule has 0 bridgehead atoms. The van der Waals surface area contributed by atoms with Crippen LogP contribution in [0.3, 0.4) is 0 Å². The number of morpholine rings is 1. The van der Waals surface area contributed by atoms with Crippen molar-refractivity contribution in [2.75, 3.05) is 26.9 Å². The third-order valence-corrected chi connectivity index (χ3v) is 6.27. The Kier molecular flexibility index (Phi) is 5.36. The summed E-state index contributed by atoms with van der Waals surface area (Å²) in [4.78, 5) is 15.2. The highest BCUT2D eigenvalue weighted by Crippen LogP contribution is 2.35. The average molecular weight is 339 g/mol. The molecule has 3 rings (SSSR count). The molecule has 1 N–H and O–H groups in total. The zero-order valence-corrected chi connectivity index (χ0v) is 14.6. The summed E-state index contributed by atoms with van der Waals surface area (Å²) in [5, 5.41) is 9.18. The Morgan fingerprint density at radius 2 is 2.35 bits per heavy atom. The van der Waals surface area contributed by atoms with E-state index < -0.39 is 5.97 Å². The summed E-state index contributed by atoms with van der Waals surface area (Å²) < 4.78 is 11.4. The van der Waals surface area contributed by atoms with Crippen LogP contribution in [0.5, 0.6) is 0 Å². The maximum Gasteiger partial charge on any atom is 0.345 e. The summed E-state index contributed by atoms with van der Waals surface area (Å²) in [7, 11) is 1.80. The lowest BCUT2D eigenvalue weighted by Gasteiger charge is -2.40. The van der Waals surface area contributed by atoms with Crippen molar-refractivity contribution in [2.24, 2.45) is 5.92 Å². The summed E-state index contributed by atoms with van der Waals surface area (Å²) in [6.07, 6.45) is 3.86. The van der Waals surface area contributed by atoms with Crippen LogP contribution < -0.4 is 0 Å². The van der Waals surface area contributed by atoms with Crippen molar-refractivity contribution < 1.29 is 19.4 Å². The zero-order chi connectivity index (χ0) is 16.4. The molecular formula is C17H25NO4S. The zero-order valence-electron chi connectivity index (χ0n) is 13.8. The normalized spacial score (nSPS) is 29.0. The van der Waals surface area contributed by atoms with Crippen molar-refractivity contribution in [3.63, 3.8) is 0 Å². The van der Waals surface area contributed by atoms with Crippen molar-refractivity contribution in [3.05, 3.63) is 21.4 Å². The summed E-state index contributed by atoms with van der Waals surface area (Å²) in [6.45, 7) is 5.20. The van der Waals surface area contributed by atoms with Gasteiger partial charge in [-0.25, -0.2) is 4.79 Å². The number of rotatable bonds is 5. The number of carbonyl (C=O) groups is 1. The first-order valence-corrected chi connectivity index (χ1v) is 9.09. The third-order valence-electron chi connectivity index (χ3n) is 5.19. The second-order valence-electron chi connectivity index (χ2n) is 6.48. The Morgan fingerprint density at radius 3 is 3.04 bits per heavy atom. The molecule has 1 saturated carbocycles. The monoisotopic (exact) mass is 339 g/mol. The van der Waals surface area contributed by atoms with Gasteiger partial charge in [0.2, 0.25) is 0 Å². The SMILES string of the molecule is COC1CCCC1C1COCCN1Cc1cc(C(=O)O)sc1C. The number of aromatic carboxylic acids is 1. The van der Waals surface area contributed by atoms with Gasteiger partial charge >= 0.3 is 5.97 Å². The molecule has 5 nitrogen and oxygen atoms in total. The van der Waals surface area contributed by atoms with Crippen LogP contribution in [0.15, 0.2) is 6.07 Å². The fraction of sp³-hybridized carbons (Fsp3) is 0.706. The molecule has 128 valence electrons. The van der Waals surface area contributed by atoms with Crippen molar-refractivity contribution in [2.45, 2.75) is 44.9 Å². The van der Waals surface area contributed by atoms with Crippen molar-refractivity contribution in [3.8, 4) is 0 Å². The van der Waals surface area contributed by atoms with Crippen molar-refractivity contribution in [1.82, 2.24) is 4.90 Å². The van der Waals surface area contributed by atoms with Crippen LogP contribution in [0.2, 0.25) is 0 Å². The standard InChI is InChI=1S/C17H25NO4S/c1-11-12(8-16(23-11)17(19)20)9-18-6-7-22-10-14(18)13-4-3-5-15(13)21-2/h8,13-15H,3-7,9-10H2,1-2H3,(H,19,20). The van der Waals surface area contributed by atoms with Gasteiger partial charge < -0.3 is 14.6 Å². The van der Waals surface area contributed by atoms with Gasteiger partial charge in [0.05, 0.1) is 19.3 Å². The molecule has 0 spiro atoms. The topological polar surface area (TPSA) is 59.0 Å². The van der Waals surface area contributed by atoms with E-state index >= 15 is 0 Å². The predicted molar refractivity (Wildman–Crippen MR) is 89.2 cm³/mol. The fourth-order valence-corrected chi connectivity index (χ4v) is 4.81. The average Bonchev–Trinajstić information content (AvgIpc) is 3.15. The minimum absolute atomic E-state index is 0.322. The molecule has 1 aliphatic heterocycles. The third kappa shape index (κ3) is 3.60. The molecule has 0 aromatic carbocycles. The van der Waals surface area contributed by atoms with Crippen LogP contribution in [0.1, 0.15) is 39.4 Å². The molecule has 2 fully saturated rings. The van der Waals surface area contributed by atoms with Crippen molar-refractivity contribution >= 4 is 17.3 Å². The van der Waals surface area contributed by atoms with Gasteiger partial charge in [0, 0.05) is 37.0 Å². The fourth-order valence-electron chi connectivity index (χ4n) is 3.94. The van der Waals surface area contributed by atoms with Gasteiger partial charge in [0.1, 0.15) is 4.88 Å². The van der Waals surface area contributed by atoms with Crippen LogP contribution in [0.25, 0.3) is 0 Å². The molecule has 0 amide bonds. The second kappa shape index (κ2) is 7.30. The molecule has 23 heavy (non-hydrogen) atoms. The predicted octanol–water partition coefficient (Wildman–Crippen LogP) is 2.77. The largest absolute Gasteiger partial charge is 0.477 e. The first kappa shape index (κ1) is 16.9. The van der Waals surface area contributed by atoms with E-state index in [1.807, 2.05) is 13.0 Å². The molecule has 1 saturated heterocycles. The van der Waals surface area contributed by atoms with Crippen LogP contribution in [0.4, 0.5) is 0 Å². The van der Waals surface area contributed by atoms with E-state index in [0.717, 1.165) is 43.2 Å². The lowest BCUT2D eigenvalue weighted by atomic mass is 9.93. The van der Waals surface area contributed by atoms with Gasteiger partial charge in [0.25, 0.3) is 0 Å². The lowest BCUT2D eigenvalue weighted by Crippen LogP contribution is -2.50. The van der Waals surface area contributed by atoms with E-state index in [9.17, 15) is 9.90 Å². The number of hydrogen-bond donors (Lipinski definition) is 1. The van der Waals surface area contributed by atoms with Crippen LogP contribution in [-0.2, 0) is 16.0 Å². The van der Waals surface area contributed by atoms with Gasteiger partial charge in [-0.2, -0.15) is 0 Å². The summed E-state index contributed by atoms with van der Waals surface area (Å²) in [6, 6.07) is 2.20. The summed E-state index contributed by atoms with van der Waals surface area (Å²) >= 11 is 1.37. The van der Waals surface area contributed by atoms with Gasteiger partial charge in [-0.1, -0.05) is 6.42 Å². The number of hydrogen-bond acceptors (Lipinski definition) is 5. The maximum absolute atomic E-state index is 11.2. The lowest BCUT2D eigenvalue weighted by molar-refractivity contribution is -0.0608. The van der Waals surface area contributed by atoms with E-state index in [1.165, 1.54) is 24.2 Å². The van der Waals surface area contributed by atoms with E-state index in [-0.39, 0.29) is 0 Å². The number of nitrogens with zero attached hydrogens (tertiary/aromatic N) is 1. The Labute approximate surface area is 141 Å². The first-order chi connectivity index (χ1) is 11.1. The Hall–Kier alpha value is -0.950. The first-order valence-electron chi connectivity index (χ1n) is 8.27.